The highest BCUT2D eigenvalue weighted by Gasteiger charge is 2.21. The third-order valence-corrected chi connectivity index (χ3v) is 3.23. The van der Waals surface area contributed by atoms with Crippen LogP contribution in [-0.4, -0.2) is 13.0 Å². The Balaban J connectivity index is 3.08. The van der Waals surface area contributed by atoms with E-state index in [0.717, 1.165) is 10.3 Å². The van der Waals surface area contributed by atoms with Crippen LogP contribution in [0.4, 0.5) is 4.11 Å². The van der Waals surface area contributed by atoms with Crippen LogP contribution in [0.25, 0.3) is 0 Å². The summed E-state index contributed by atoms with van der Waals surface area (Å²) in [4.78, 5) is 0. The number of halogens is 1. The van der Waals surface area contributed by atoms with E-state index in [9.17, 15) is 4.11 Å². The Morgan fingerprint density at radius 3 is 2.54 bits per heavy atom. The van der Waals surface area contributed by atoms with Crippen molar-refractivity contribution in [2.45, 2.75) is 26.2 Å². The molecular weight excluding hydrogens is 201 g/mol. The van der Waals surface area contributed by atoms with Gasteiger partial charge >= 0.3 is 0 Å². The zero-order valence-corrected chi connectivity index (χ0v) is 9.99. The van der Waals surface area contributed by atoms with Crippen LogP contribution in [-0.2, 0) is 6.17 Å². The molecule has 0 N–H and O–H groups in total. The predicted molar refractivity (Wildman–Crippen MR) is 58.6 cm³/mol. The normalized spacial score (nSPS) is 11.7. The lowest BCUT2D eigenvalue weighted by Crippen LogP contribution is -2.28. The second kappa shape index (κ2) is 3.72. The number of aryl methyl sites for hydroxylation is 1. The van der Waals surface area contributed by atoms with E-state index in [1.165, 1.54) is 0 Å². The van der Waals surface area contributed by atoms with Crippen LogP contribution in [0.15, 0.2) is 18.2 Å². The van der Waals surface area contributed by atoms with Crippen LogP contribution in [0.2, 0.25) is 13.1 Å². The van der Waals surface area contributed by atoms with E-state index in [-0.39, 0.29) is 0 Å². The molecule has 0 aliphatic rings. The highest BCUT2D eigenvalue weighted by atomic mass is 32.1. The van der Waals surface area contributed by atoms with Gasteiger partial charge in [-0.1, -0.05) is 18.3 Å². The highest BCUT2D eigenvalue weighted by molar-refractivity contribution is 7.71. The van der Waals surface area contributed by atoms with Crippen LogP contribution >= 0.6 is 12.2 Å². The van der Waals surface area contributed by atoms with E-state index in [1.54, 1.807) is 13.1 Å². The Kier molecular flexibility index (Phi) is 3.03. The standard InChI is InChI=1S/C9H14FNSSi/c1-8-5-4-6-9(12)11(8)7-13(2,3)10/h4-6H,7H2,1-3H3. The molecule has 0 amide bonds. The molecule has 1 nitrogen and oxygen atoms in total. The van der Waals surface area contributed by atoms with Gasteiger partial charge in [0.1, 0.15) is 4.64 Å². The minimum atomic E-state index is -2.56. The van der Waals surface area contributed by atoms with E-state index >= 15 is 0 Å². The molecule has 0 spiro atoms. The molecule has 0 fully saturated rings. The second-order valence-electron chi connectivity index (χ2n) is 3.81. The van der Waals surface area contributed by atoms with Gasteiger partial charge in [0.15, 0.2) is 0 Å². The molecule has 0 bridgehead atoms. The molecule has 0 aliphatic heterocycles. The third kappa shape index (κ3) is 3.04. The van der Waals surface area contributed by atoms with Gasteiger partial charge < -0.3 is 8.67 Å². The number of aromatic nitrogens is 1. The molecule has 4 heteroatoms. The van der Waals surface area contributed by atoms with E-state index in [0.29, 0.717) is 6.17 Å². The first-order valence-corrected chi connectivity index (χ1v) is 7.75. The summed E-state index contributed by atoms with van der Waals surface area (Å²) in [5.74, 6) is 0. The monoisotopic (exact) mass is 215 g/mol. The van der Waals surface area contributed by atoms with Crippen LogP contribution < -0.4 is 0 Å². The average Bonchev–Trinajstić information content (AvgIpc) is 1.95. The molecule has 0 aliphatic carbocycles. The summed E-state index contributed by atoms with van der Waals surface area (Å²) in [5, 5.41) is 0. The predicted octanol–water partition coefficient (Wildman–Crippen LogP) is 3.24. The van der Waals surface area contributed by atoms with Gasteiger partial charge in [0.2, 0.25) is 0 Å². The summed E-state index contributed by atoms with van der Waals surface area (Å²) in [6.07, 6.45) is 0.457. The van der Waals surface area contributed by atoms with Gasteiger partial charge in [-0.25, -0.2) is 0 Å². The molecule has 1 aromatic rings. The van der Waals surface area contributed by atoms with E-state index < -0.39 is 8.41 Å². The largest absolute Gasteiger partial charge is 0.337 e. The molecule has 13 heavy (non-hydrogen) atoms. The van der Waals surface area contributed by atoms with Gasteiger partial charge in [-0.15, -0.1) is 0 Å². The lowest BCUT2D eigenvalue weighted by atomic mass is 10.4. The molecule has 1 aromatic heterocycles. The quantitative estimate of drug-likeness (QED) is 0.416. The maximum Gasteiger partial charge on any atom is 0.260 e. The Morgan fingerprint density at radius 2 is 2.08 bits per heavy atom. The van der Waals surface area contributed by atoms with Crippen molar-refractivity contribution in [2.24, 2.45) is 0 Å². The number of hydrogen-bond acceptors (Lipinski definition) is 1. The van der Waals surface area contributed by atoms with Crippen LogP contribution in [0, 0.1) is 11.6 Å². The maximum atomic E-state index is 13.5. The molecular formula is C9H14FNSSi. The van der Waals surface area contributed by atoms with Gasteiger partial charge in [-0.3, -0.25) is 0 Å². The third-order valence-electron chi connectivity index (χ3n) is 1.80. The van der Waals surface area contributed by atoms with Crippen molar-refractivity contribution in [2.75, 3.05) is 0 Å². The zero-order chi connectivity index (χ0) is 10.1. The van der Waals surface area contributed by atoms with Gasteiger partial charge in [0, 0.05) is 11.9 Å². The zero-order valence-electron chi connectivity index (χ0n) is 8.17. The number of rotatable bonds is 2. The fraction of sp³-hybridized carbons (Fsp3) is 0.444. The highest BCUT2D eigenvalue weighted by Crippen LogP contribution is 2.10. The summed E-state index contributed by atoms with van der Waals surface area (Å²) in [6, 6.07) is 5.69. The fourth-order valence-electron chi connectivity index (χ4n) is 1.20. The second-order valence-corrected chi connectivity index (χ2v) is 7.98. The summed E-state index contributed by atoms with van der Waals surface area (Å²) >= 11 is 5.13. The van der Waals surface area contributed by atoms with Crippen molar-refractivity contribution in [3.05, 3.63) is 28.5 Å². The van der Waals surface area contributed by atoms with Crippen molar-refractivity contribution < 1.29 is 4.11 Å². The van der Waals surface area contributed by atoms with Crippen molar-refractivity contribution >= 4 is 20.6 Å². The van der Waals surface area contributed by atoms with E-state index in [2.05, 4.69) is 0 Å². The molecule has 0 saturated carbocycles. The number of nitrogens with zero attached hydrogens (tertiary/aromatic N) is 1. The Hall–Kier alpha value is -0.483. The lowest BCUT2D eigenvalue weighted by Gasteiger charge is -2.16. The first kappa shape index (κ1) is 10.6. The van der Waals surface area contributed by atoms with E-state index in [1.807, 2.05) is 29.7 Å². The number of pyridine rings is 1. The molecule has 1 heterocycles. The molecule has 0 atom stereocenters. The van der Waals surface area contributed by atoms with Gasteiger partial charge in [0.25, 0.3) is 8.41 Å². The molecule has 72 valence electrons. The van der Waals surface area contributed by atoms with Crippen LogP contribution in [0.1, 0.15) is 5.69 Å². The van der Waals surface area contributed by atoms with Crippen molar-refractivity contribution in [1.82, 2.24) is 4.57 Å². The Labute approximate surface area is 84.4 Å². The van der Waals surface area contributed by atoms with Crippen molar-refractivity contribution in [3.63, 3.8) is 0 Å². The summed E-state index contributed by atoms with van der Waals surface area (Å²) in [5.41, 5.74) is 1.03. The number of hydrogen-bond donors (Lipinski definition) is 0. The molecule has 1 rings (SSSR count). The summed E-state index contributed by atoms with van der Waals surface area (Å²) in [6.45, 7) is 5.35. The minimum Gasteiger partial charge on any atom is -0.337 e. The smallest absolute Gasteiger partial charge is 0.260 e. The maximum absolute atomic E-state index is 13.5. The summed E-state index contributed by atoms with van der Waals surface area (Å²) in [7, 11) is -2.56. The topological polar surface area (TPSA) is 4.93 Å². The Morgan fingerprint density at radius 1 is 1.46 bits per heavy atom. The van der Waals surface area contributed by atoms with Gasteiger partial charge in [-0.2, -0.15) is 0 Å². The van der Waals surface area contributed by atoms with Gasteiger partial charge in [0.05, 0.1) is 0 Å². The summed E-state index contributed by atoms with van der Waals surface area (Å²) < 4.78 is 16.1. The van der Waals surface area contributed by atoms with E-state index in [4.69, 9.17) is 12.2 Å². The first-order valence-electron chi connectivity index (χ1n) is 4.25. The fourth-order valence-corrected chi connectivity index (χ4v) is 2.78. The van der Waals surface area contributed by atoms with Crippen LogP contribution in [0.3, 0.4) is 0 Å². The molecule has 0 unspecified atom stereocenters. The van der Waals surface area contributed by atoms with Crippen molar-refractivity contribution in [1.29, 1.82) is 0 Å². The van der Waals surface area contributed by atoms with Crippen LogP contribution in [0.5, 0.6) is 0 Å². The Bertz CT molecular complexity index is 353. The first-order chi connectivity index (χ1) is 5.90. The molecule has 0 radical (unpaired) electrons. The SMILES string of the molecule is Cc1cccc(=S)n1C[Si](C)(C)F. The molecule has 0 aromatic carbocycles. The van der Waals surface area contributed by atoms with Crippen molar-refractivity contribution in [3.8, 4) is 0 Å². The molecule has 0 saturated heterocycles. The lowest BCUT2D eigenvalue weighted by molar-refractivity contribution is 0.698. The average molecular weight is 215 g/mol. The minimum absolute atomic E-state index is 0.457. The van der Waals surface area contributed by atoms with Gasteiger partial charge in [-0.05, 0) is 32.2 Å².